The van der Waals surface area contributed by atoms with Crippen molar-refractivity contribution in [1.82, 2.24) is 4.90 Å². The zero-order chi connectivity index (χ0) is 17.7. The molecule has 0 unspecified atom stereocenters. The fourth-order valence-electron chi connectivity index (χ4n) is 2.69. The summed E-state index contributed by atoms with van der Waals surface area (Å²) in [4.78, 5) is 14.1. The third-order valence-electron chi connectivity index (χ3n) is 3.99. The molecule has 5 nitrogen and oxygen atoms in total. The lowest BCUT2D eigenvalue weighted by molar-refractivity contribution is -0.0621. The number of hydrogen-bond acceptors (Lipinski definition) is 4. The predicted molar refractivity (Wildman–Crippen MR) is 90.0 cm³/mol. The molecule has 6 heteroatoms. The Balaban J connectivity index is 1.69. The molecule has 0 aliphatic carbocycles. The summed E-state index contributed by atoms with van der Waals surface area (Å²) in [7, 11) is 0. The van der Waals surface area contributed by atoms with E-state index >= 15 is 0 Å². The molecule has 1 N–H and O–H groups in total. The van der Waals surface area contributed by atoms with Crippen molar-refractivity contribution in [2.75, 3.05) is 32.9 Å². The summed E-state index contributed by atoms with van der Waals surface area (Å²) >= 11 is 0. The molecule has 0 aromatic heterocycles. The molecule has 1 aliphatic heterocycles. The van der Waals surface area contributed by atoms with E-state index in [9.17, 15) is 14.3 Å². The van der Waals surface area contributed by atoms with Gasteiger partial charge in [-0.15, -0.1) is 0 Å². The maximum absolute atomic E-state index is 13.0. The van der Waals surface area contributed by atoms with Crippen LogP contribution in [0, 0.1) is 5.82 Å². The van der Waals surface area contributed by atoms with Gasteiger partial charge in [0.2, 0.25) is 0 Å². The topological polar surface area (TPSA) is 59.0 Å². The Morgan fingerprint density at radius 3 is 2.64 bits per heavy atom. The van der Waals surface area contributed by atoms with Crippen molar-refractivity contribution in [1.29, 1.82) is 0 Å². The summed E-state index contributed by atoms with van der Waals surface area (Å²) in [6.45, 7) is 0.831. The molecule has 1 amide bonds. The van der Waals surface area contributed by atoms with E-state index in [1.165, 1.54) is 29.2 Å². The fraction of sp³-hybridized carbons (Fsp3) is 0.316. The van der Waals surface area contributed by atoms with Crippen molar-refractivity contribution in [3.8, 4) is 5.75 Å². The van der Waals surface area contributed by atoms with Gasteiger partial charge in [0.1, 0.15) is 23.8 Å². The van der Waals surface area contributed by atoms with Gasteiger partial charge in [0.05, 0.1) is 19.8 Å². The highest BCUT2D eigenvalue weighted by atomic mass is 19.1. The number of halogens is 1. The van der Waals surface area contributed by atoms with Crippen LogP contribution in [0.2, 0.25) is 0 Å². The van der Waals surface area contributed by atoms with Crippen molar-refractivity contribution in [3.05, 3.63) is 66.0 Å². The van der Waals surface area contributed by atoms with E-state index in [2.05, 4.69) is 0 Å². The molecule has 1 saturated heterocycles. The molecule has 0 radical (unpaired) electrons. The number of β-amino-alcohol motifs (C(OH)–C–C–N with tert-alkyl or cyclic N) is 1. The number of ether oxygens (including phenoxy) is 2. The summed E-state index contributed by atoms with van der Waals surface area (Å²) in [5, 5.41) is 10.8. The molecule has 2 aromatic rings. The molecule has 2 aromatic carbocycles. The second-order valence-corrected chi connectivity index (χ2v) is 6.11. The first-order valence-corrected chi connectivity index (χ1v) is 8.09. The van der Waals surface area contributed by atoms with Crippen LogP contribution < -0.4 is 4.74 Å². The number of amides is 1. The first-order valence-electron chi connectivity index (χ1n) is 8.09. The second-order valence-electron chi connectivity index (χ2n) is 6.11. The highest BCUT2D eigenvalue weighted by Crippen LogP contribution is 2.18. The number of carbonyl (C=O) groups excluding carboxylic acids is 1. The first-order chi connectivity index (χ1) is 12.1. The SMILES string of the molecule is O=C(c1ccc(F)cc1)N1CCOC[C@](O)(COc2ccccc2)C1. The van der Waals surface area contributed by atoms with E-state index < -0.39 is 11.4 Å². The van der Waals surface area contributed by atoms with Gasteiger partial charge in [-0.1, -0.05) is 18.2 Å². The molecule has 1 atom stereocenters. The van der Waals surface area contributed by atoms with Crippen molar-refractivity contribution in [3.63, 3.8) is 0 Å². The average Bonchev–Trinajstić information content (AvgIpc) is 2.83. The normalized spacial score (nSPS) is 20.8. The van der Waals surface area contributed by atoms with Gasteiger partial charge in [-0.25, -0.2) is 4.39 Å². The van der Waals surface area contributed by atoms with Crippen LogP contribution >= 0.6 is 0 Å². The maximum Gasteiger partial charge on any atom is 0.254 e. The van der Waals surface area contributed by atoms with E-state index in [1.54, 1.807) is 12.1 Å². The van der Waals surface area contributed by atoms with Gasteiger partial charge in [0.15, 0.2) is 0 Å². The van der Waals surface area contributed by atoms with Crippen molar-refractivity contribution in [2.24, 2.45) is 0 Å². The molecule has 132 valence electrons. The molecule has 1 aliphatic rings. The number of nitrogens with zero attached hydrogens (tertiary/aromatic N) is 1. The number of aliphatic hydroxyl groups is 1. The van der Waals surface area contributed by atoms with Crippen LogP contribution in [0.15, 0.2) is 54.6 Å². The molecule has 25 heavy (non-hydrogen) atoms. The van der Waals surface area contributed by atoms with Crippen LogP contribution in [0.5, 0.6) is 5.75 Å². The highest BCUT2D eigenvalue weighted by Gasteiger charge is 2.35. The van der Waals surface area contributed by atoms with E-state index in [0.29, 0.717) is 24.5 Å². The largest absolute Gasteiger partial charge is 0.490 e. The lowest BCUT2D eigenvalue weighted by Crippen LogP contribution is -2.50. The Kier molecular flexibility index (Phi) is 5.31. The zero-order valence-corrected chi connectivity index (χ0v) is 13.7. The minimum absolute atomic E-state index is 0.00418. The fourth-order valence-corrected chi connectivity index (χ4v) is 2.69. The number of hydrogen-bond donors (Lipinski definition) is 1. The molecular weight excluding hydrogens is 325 g/mol. The third kappa shape index (κ3) is 4.55. The molecule has 1 heterocycles. The van der Waals surface area contributed by atoms with Crippen molar-refractivity contribution >= 4 is 5.91 Å². The Bertz CT molecular complexity index is 707. The van der Waals surface area contributed by atoms with Gasteiger partial charge in [0.25, 0.3) is 5.91 Å². The smallest absolute Gasteiger partial charge is 0.254 e. The number of carbonyl (C=O) groups is 1. The number of para-hydroxylation sites is 1. The molecule has 3 rings (SSSR count). The summed E-state index contributed by atoms with van der Waals surface area (Å²) in [5.74, 6) is -0.0382. The Labute approximate surface area is 145 Å². The summed E-state index contributed by atoms with van der Waals surface area (Å²) in [6, 6.07) is 14.5. The van der Waals surface area contributed by atoms with E-state index in [4.69, 9.17) is 9.47 Å². The van der Waals surface area contributed by atoms with E-state index in [1.807, 2.05) is 18.2 Å². The van der Waals surface area contributed by atoms with Crippen molar-refractivity contribution < 1.29 is 23.8 Å². The van der Waals surface area contributed by atoms with Gasteiger partial charge in [-0.05, 0) is 36.4 Å². The van der Waals surface area contributed by atoms with E-state index in [0.717, 1.165) is 0 Å². The molecule has 1 fully saturated rings. The van der Waals surface area contributed by atoms with Crippen LogP contribution in [0.3, 0.4) is 0 Å². The molecule has 0 spiro atoms. The van der Waals surface area contributed by atoms with Crippen LogP contribution in [-0.2, 0) is 4.74 Å². The first kappa shape index (κ1) is 17.4. The predicted octanol–water partition coefficient (Wildman–Crippen LogP) is 2.11. The number of benzene rings is 2. The van der Waals surface area contributed by atoms with Crippen LogP contribution in [0.1, 0.15) is 10.4 Å². The van der Waals surface area contributed by atoms with Gasteiger partial charge < -0.3 is 19.5 Å². The second kappa shape index (κ2) is 7.63. The Morgan fingerprint density at radius 1 is 1.20 bits per heavy atom. The minimum atomic E-state index is -1.32. The lowest BCUT2D eigenvalue weighted by Gasteiger charge is -2.30. The lowest BCUT2D eigenvalue weighted by atomic mass is 10.1. The molecule has 0 saturated carbocycles. The van der Waals surface area contributed by atoms with Crippen LogP contribution in [-0.4, -0.2) is 54.4 Å². The summed E-state index contributed by atoms with van der Waals surface area (Å²) < 4.78 is 24.1. The van der Waals surface area contributed by atoms with Gasteiger partial charge >= 0.3 is 0 Å². The number of rotatable bonds is 4. The van der Waals surface area contributed by atoms with Crippen molar-refractivity contribution in [2.45, 2.75) is 5.60 Å². The Morgan fingerprint density at radius 2 is 1.92 bits per heavy atom. The molecule has 0 bridgehead atoms. The Hall–Kier alpha value is -2.44. The summed E-state index contributed by atoms with van der Waals surface area (Å²) in [6.07, 6.45) is 0. The average molecular weight is 345 g/mol. The third-order valence-corrected chi connectivity index (χ3v) is 3.99. The quantitative estimate of drug-likeness (QED) is 0.922. The monoisotopic (exact) mass is 345 g/mol. The molecular formula is C19H20FNO4. The standard InChI is InChI=1S/C19H20FNO4/c20-16-8-6-15(7-9-16)18(22)21-10-11-24-13-19(23,12-21)14-25-17-4-2-1-3-5-17/h1-9,23H,10-14H2/t19-/m0/s1. The van der Waals surface area contributed by atoms with Crippen LogP contribution in [0.4, 0.5) is 4.39 Å². The maximum atomic E-state index is 13.0. The minimum Gasteiger partial charge on any atom is -0.490 e. The van der Waals surface area contributed by atoms with Gasteiger partial charge in [0, 0.05) is 12.1 Å². The van der Waals surface area contributed by atoms with E-state index in [-0.39, 0.29) is 25.7 Å². The van der Waals surface area contributed by atoms with Gasteiger partial charge in [-0.2, -0.15) is 0 Å². The van der Waals surface area contributed by atoms with Gasteiger partial charge in [-0.3, -0.25) is 4.79 Å². The van der Waals surface area contributed by atoms with Crippen LogP contribution in [0.25, 0.3) is 0 Å². The highest BCUT2D eigenvalue weighted by molar-refractivity contribution is 5.94. The zero-order valence-electron chi connectivity index (χ0n) is 13.7. The summed E-state index contributed by atoms with van der Waals surface area (Å²) in [5.41, 5.74) is -0.947.